The second kappa shape index (κ2) is 8.48. The lowest BCUT2D eigenvalue weighted by atomic mass is 9.99. The summed E-state index contributed by atoms with van der Waals surface area (Å²) < 4.78 is 21.5. The summed E-state index contributed by atoms with van der Waals surface area (Å²) in [6.07, 6.45) is 1.13. The number of nitrogens with zero attached hydrogens (tertiary/aromatic N) is 2. The number of fused-ring (bicyclic) bond motifs is 1. The Morgan fingerprint density at radius 3 is 2.41 bits per heavy atom. The third-order valence-corrected chi connectivity index (χ3v) is 5.40. The smallest absolute Gasteiger partial charge is 0.141 e. The summed E-state index contributed by atoms with van der Waals surface area (Å²) in [4.78, 5) is 4.76. The first-order valence-electron chi connectivity index (χ1n) is 10.1. The van der Waals surface area contributed by atoms with Crippen LogP contribution in [0.15, 0.2) is 72.8 Å². The van der Waals surface area contributed by atoms with Crippen molar-refractivity contribution in [3.8, 4) is 17.1 Å². The Morgan fingerprint density at radius 1 is 0.966 bits per heavy atom. The fraction of sp³-hybridized carbons (Fsp3) is 0.240. The van der Waals surface area contributed by atoms with Crippen LogP contribution >= 0.6 is 0 Å². The third kappa shape index (κ3) is 4.16. The normalized spacial score (nSPS) is 12.2. The van der Waals surface area contributed by atoms with E-state index in [4.69, 9.17) is 9.72 Å². The molecule has 0 spiro atoms. The number of imidazole rings is 1. The average molecular weight is 388 g/mol. The number of hydrogen-bond acceptors (Lipinski definition) is 2. The van der Waals surface area contributed by atoms with Gasteiger partial charge in [0.15, 0.2) is 0 Å². The molecule has 4 rings (SSSR count). The summed E-state index contributed by atoms with van der Waals surface area (Å²) in [7, 11) is 0. The molecule has 4 heteroatoms. The maximum atomic E-state index is 13.4. The number of ether oxygens (including phenoxy) is 1. The van der Waals surface area contributed by atoms with Gasteiger partial charge in [0.05, 0.1) is 17.6 Å². The highest BCUT2D eigenvalue weighted by molar-refractivity contribution is 5.80. The van der Waals surface area contributed by atoms with Gasteiger partial charge in [-0.1, -0.05) is 38.1 Å². The molecule has 1 unspecified atom stereocenters. The van der Waals surface area contributed by atoms with Crippen molar-refractivity contribution in [3.63, 3.8) is 0 Å². The molecule has 1 heterocycles. The lowest BCUT2D eigenvalue weighted by Crippen LogP contribution is -2.09. The molecule has 148 valence electrons. The molecular weight excluding hydrogens is 363 g/mol. The van der Waals surface area contributed by atoms with E-state index in [1.54, 1.807) is 12.1 Å². The van der Waals surface area contributed by atoms with Crippen molar-refractivity contribution in [2.24, 2.45) is 0 Å². The zero-order valence-electron chi connectivity index (χ0n) is 16.8. The molecule has 0 bridgehead atoms. The first kappa shape index (κ1) is 19.2. The third-order valence-electron chi connectivity index (χ3n) is 5.40. The van der Waals surface area contributed by atoms with Gasteiger partial charge in [0.25, 0.3) is 0 Å². The molecule has 0 saturated carbocycles. The molecule has 0 aliphatic heterocycles. The molecule has 0 amide bonds. The minimum atomic E-state index is -0.249. The molecule has 1 atom stereocenters. The first-order chi connectivity index (χ1) is 14.2. The minimum absolute atomic E-state index is 0.249. The van der Waals surface area contributed by atoms with E-state index in [1.165, 1.54) is 17.7 Å². The Hall–Kier alpha value is -3.14. The Bertz CT molecular complexity index is 1080. The number of hydrogen-bond donors (Lipinski definition) is 0. The quantitative estimate of drug-likeness (QED) is 0.364. The van der Waals surface area contributed by atoms with Crippen LogP contribution in [0.1, 0.15) is 31.7 Å². The van der Waals surface area contributed by atoms with Crippen LogP contribution in [0, 0.1) is 5.82 Å². The molecule has 0 N–H and O–H groups in total. The molecule has 4 aromatic rings. The van der Waals surface area contributed by atoms with Crippen molar-refractivity contribution in [1.29, 1.82) is 0 Å². The van der Waals surface area contributed by atoms with Crippen LogP contribution in [0.4, 0.5) is 4.39 Å². The van der Waals surface area contributed by atoms with Crippen LogP contribution in [0.5, 0.6) is 5.75 Å². The molecule has 0 saturated heterocycles. The number of halogens is 1. The van der Waals surface area contributed by atoms with E-state index in [0.717, 1.165) is 34.6 Å². The number of para-hydroxylation sites is 2. The minimum Gasteiger partial charge on any atom is -0.492 e. The zero-order chi connectivity index (χ0) is 20.2. The molecule has 3 aromatic carbocycles. The van der Waals surface area contributed by atoms with Gasteiger partial charge in [0.1, 0.15) is 24.0 Å². The second-order valence-corrected chi connectivity index (χ2v) is 7.31. The van der Waals surface area contributed by atoms with E-state index in [1.807, 2.05) is 30.3 Å². The summed E-state index contributed by atoms with van der Waals surface area (Å²) >= 11 is 0. The van der Waals surface area contributed by atoms with Gasteiger partial charge in [-0.2, -0.15) is 0 Å². The maximum Gasteiger partial charge on any atom is 0.141 e. The van der Waals surface area contributed by atoms with Gasteiger partial charge in [-0.15, -0.1) is 0 Å². The van der Waals surface area contributed by atoms with Crippen LogP contribution in [-0.2, 0) is 6.54 Å². The van der Waals surface area contributed by atoms with Crippen molar-refractivity contribution in [1.82, 2.24) is 9.55 Å². The van der Waals surface area contributed by atoms with Gasteiger partial charge in [-0.25, -0.2) is 9.37 Å². The van der Waals surface area contributed by atoms with Gasteiger partial charge in [-0.3, -0.25) is 0 Å². The molecule has 0 aliphatic carbocycles. The molecular formula is C25H25FN2O. The number of benzene rings is 3. The molecule has 1 aromatic heterocycles. The van der Waals surface area contributed by atoms with Crippen LogP contribution in [0.2, 0.25) is 0 Å². The van der Waals surface area contributed by atoms with Gasteiger partial charge >= 0.3 is 0 Å². The molecule has 29 heavy (non-hydrogen) atoms. The summed E-state index contributed by atoms with van der Waals surface area (Å²) in [5.74, 6) is 1.99. The highest BCUT2D eigenvalue weighted by atomic mass is 19.1. The fourth-order valence-corrected chi connectivity index (χ4v) is 3.50. The Kier molecular flexibility index (Phi) is 5.61. The summed E-state index contributed by atoms with van der Waals surface area (Å²) in [6, 6.07) is 22.8. The van der Waals surface area contributed by atoms with Crippen molar-refractivity contribution < 1.29 is 9.13 Å². The van der Waals surface area contributed by atoms with E-state index >= 15 is 0 Å². The van der Waals surface area contributed by atoms with Crippen LogP contribution in [-0.4, -0.2) is 16.2 Å². The van der Waals surface area contributed by atoms with Gasteiger partial charge in [-0.05, 0) is 66.4 Å². The molecule has 0 radical (unpaired) electrons. The van der Waals surface area contributed by atoms with E-state index in [-0.39, 0.29) is 5.82 Å². The Labute approximate surface area is 170 Å². The number of rotatable bonds is 7. The van der Waals surface area contributed by atoms with Gasteiger partial charge < -0.3 is 9.30 Å². The van der Waals surface area contributed by atoms with Crippen molar-refractivity contribution in [2.45, 2.75) is 32.7 Å². The molecule has 0 aliphatic rings. The number of aromatic nitrogens is 2. The van der Waals surface area contributed by atoms with E-state index in [2.05, 4.69) is 36.6 Å². The van der Waals surface area contributed by atoms with Crippen molar-refractivity contribution in [3.05, 3.63) is 84.2 Å². The monoisotopic (exact) mass is 388 g/mol. The summed E-state index contributed by atoms with van der Waals surface area (Å²) in [6.45, 7) is 5.61. The second-order valence-electron chi connectivity index (χ2n) is 7.31. The molecule has 3 nitrogen and oxygen atoms in total. The largest absolute Gasteiger partial charge is 0.492 e. The van der Waals surface area contributed by atoms with Crippen molar-refractivity contribution >= 4 is 11.0 Å². The lowest BCUT2D eigenvalue weighted by molar-refractivity contribution is 0.300. The molecule has 0 fully saturated rings. The Balaban J connectivity index is 1.54. The predicted molar refractivity (Wildman–Crippen MR) is 116 cm³/mol. The topological polar surface area (TPSA) is 27.1 Å². The Morgan fingerprint density at radius 2 is 1.69 bits per heavy atom. The lowest BCUT2D eigenvalue weighted by Gasteiger charge is -2.13. The highest BCUT2D eigenvalue weighted by Gasteiger charge is 2.12. The first-order valence-corrected chi connectivity index (χ1v) is 10.1. The van der Waals surface area contributed by atoms with E-state index < -0.39 is 0 Å². The van der Waals surface area contributed by atoms with Crippen LogP contribution in [0.3, 0.4) is 0 Å². The average Bonchev–Trinajstić information content (AvgIpc) is 3.13. The standard InChI is InChI=1S/C25H25FN2O/c1-3-18(2)19-10-14-22(15-11-19)29-17-16-28-24-7-5-4-6-23(24)27-25(28)20-8-12-21(26)13-9-20/h4-15,18H,3,16-17H2,1-2H3. The fourth-order valence-electron chi connectivity index (χ4n) is 3.50. The van der Waals surface area contributed by atoms with E-state index in [0.29, 0.717) is 19.1 Å². The predicted octanol–water partition coefficient (Wildman–Crippen LogP) is 6.43. The zero-order valence-corrected chi connectivity index (χ0v) is 16.8. The van der Waals surface area contributed by atoms with Gasteiger partial charge in [0, 0.05) is 5.56 Å². The van der Waals surface area contributed by atoms with E-state index in [9.17, 15) is 4.39 Å². The summed E-state index contributed by atoms with van der Waals surface area (Å²) in [5.41, 5.74) is 4.19. The van der Waals surface area contributed by atoms with Crippen molar-refractivity contribution in [2.75, 3.05) is 6.61 Å². The highest BCUT2D eigenvalue weighted by Crippen LogP contribution is 2.26. The van der Waals surface area contributed by atoms with Crippen LogP contribution < -0.4 is 4.74 Å². The van der Waals surface area contributed by atoms with Crippen LogP contribution in [0.25, 0.3) is 22.4 Å². The maximum absolute atomic E-state index is 13.4. The SMILES string of the molecule is CCC(C)c1ccc(OCCn2c(-c3ccc(F)cc3)nc3ccccc32)cc1. The van der Waals surface area contributed by atoms with Gasteiger partial charge in [0.2, 0.25) is 0 Å². The summed E-state index contributed by atoms with van der Waals surface area (Å²) in [5, 5.41) is 0.